The van der Waals surface area contributed by atoms with Crippen molar-refractivity contribution in [1.29, 1.82) is 0 Å². The molecule has 0 aromatic heterocycles. The maximum absolute atomic E-state index is 11.7. The Morgan fingerprint density at radius 1 is 1.25 bits per heavy atom. The van der Waals surface area contributed by atoms with E-state index in [0.29, 0.717) is 5.57 Å². The number of hydrogen-bond acceptors (Lipinski definition) is 2. The Morgan fingerprint density at radius 3 is 2.25 bits per heavy atom. The van der Waals surface area contributed by atoms with Crippen LogP contribution in [0.5, 0.6) is 0 Å². The normalized spacial score (nSPS) is 19.9. The van der Waals surface area contributed by atoms with Gasteiger partial charge in [0.2, 0.25) is 0 Å². The van der Waals surface area contributed by atoms with Gasteiger partial charge in [-0.1, -0.05) is 32.8 Å². The summed E-state index contributed by atoms with van der Waals surface area (Å²) >= 11 is 0. The van der Waals surface area contributed by atoms with Gasteiger partial charge in [-0.25, -0.2) is 4.79 Å². The predicted octanol–water partition coefficient (Wildman–Crippen LogP) is 4.00. The third-order valence-electron chi connectivity index (χ3n) is 3.38. The van der Waals surface area contributed by atoms with Crippen molar-refractivity contribution in [1.82, 2.24) is 0 Å². The number of carbonyl (C=O) groups is 1. The molecule has 0 saturated heterocycles. The molecule has 1 fully saturated rings. The van der Waals surface area contributed by atoms with Crippen molar-refractivity contribution in [3.8, 4) is 0 Å². The van der Waals surface area contributed by atoms with Crippen molar-refractivity contribution >= 4 is 5.97 Å². The topological polar surface area (TPSA) is 26.3 Å². The first-order valence-corrected chi connectivity index (χ1v) is 6.48. The molecule has 1 aliphatic carbocycles. The molecule has 2 nitrogen and oxygen atoms in total. The van der Waals surface area contributed by atoms with Crippen LogP contribution in [0.2, 0.25) is 0 Å². The van der Waals surface area contributed by atoms with E-state index in [1.54, 1.807) is 6.92 Å². The molecule has 1 saturated carbocycles. The monoisotopic (exact) mass is 224 g/mol. The van der Waals surface area contributed by atoms with Gasteiger partial charge in [-0.3, -0.25) is 0 Å². The molecule has 0 aliphatic heterocycles. The average Bonchev–Trinajstić information content (AvgIpc) is 2.44. The van der Waals surface area contributed by atoms with Gasteiger partial charge in [0.1, 0.15) is 5.60 Å². The first-order valence-electron chi connectivity index (χ1n) is 6.48. The van der Waals surface area contributed by atoms with Crippen molar-refractivity contribution in [2.24, 2.45) is 0 Å². The smallest absolute Gasteiger partial charge is 0.333 e. The van der Waals surface area contributed by atoms with E-state index < -0.39 is 0 Å². The first-order chi connectivity index (χ1) is 7.59. The molecule has 0 aromatic carbocycles. The van der Waals surface area contributed by atoms with Gasteiger partial charge in [-0.05, 0) is 39.0 Å². The average molecular weight is 224 g/mol. The molecule has 2 heteroatoms. The van der Waals surface area contributed by atoms with Gasteiger partial charge in [-0.2, -0.15) is 0 Å². The highest BCUT2D eigenvalue weighted by Crippen LogP contribution is 2.34. The molecule has 0 aromatic rings. The van der Waals surface area contributed by atoms with Crippen molar-refractivity contribution in [3.05, 3.63) is 12.2 Å². The quantitative estimate of drug-likeness (QED) is 0.410. The molecule has 0 radical (unpaired) electrons. The minimum Gasteiger partial charge on any atom is -0.456 e. The minimum absolute atomic E-state index is 0.193. The summed E-state index contributed by atoms with van der Waals surface area (Å²) in [4.78, 5) is 11.7. The Kier molecular flexibility index (Phi) is 5.04. The van der Waals surface area contributed by atoms with E-state index in [1.165, 1.54) is 25.7 Å². The molecule has 0 bridgehead atoms. The second-order valence-electron chi connectivity index (χ2n) is 5.02. The second kappa shape index (κ2) is 6.07. The fourth-order valence-electron chi connectivity index (χ4n) is 2.52. The van der Waals surface area contributed by atoms with Gasteiger partial charge < -0.3 is 4.74 Å². The van der Waals surface area contributed by atoms with Crippen molar-refractivity contribution in [2.45, 2.75) is 70.8 Å². The van der Waals surface area contributed by atoms with Crippen LogP contribution in [0.3, 0.4) is 0 Å². The Balaban J connectivity index is 2.69. The Labute approximate surface area is 99.1 Å². The molecule has 0 unspecified atom stereocenters. The summed E-state index contributed by atoms with van der Waals surface area (Å²) in [5, 5.41) is 0. The van der Waals surface area contributed by atoms with Crippen molar-refractivity contribution in [2.75, 3.05) is 0 Å². The maximum atomic E-state index is 11.7. The molecule has 1 aliphatic rings. The zero-order chi connectivity index (χ0) is 12.0. The number of hydrogen-bond donors (Lipinski definition) is 0. The van der Waals surface area contributed by atoms with E-state index in [-0.39, 0.29) is 11.6 Å². The first kappa shape index (κ1) is 13.3. The molecule has 0 amide bonds. The summed E-state index contributed by atoms with van der Waals surface area (Å²) in [7, 11) is 0. The van der Waals surface area contributed by atoms with Crippen LogP contribution in [0.25, 0.3) is 0 Å². The van der Waals surface area contributed by atoms with Crippen LogP contribution < -0.4 is 0 Å². The zero-order valence-electron chi connectivity index (χ0n) is 10.7. The van der Waals surface area contributed by atoms with Crippen molar-refractivity contribution in [3.63, 3.8) is 0 Å². The lowest BCUT2D eigenvalue weighted by molar-refractivity contribution is -0.157. The minimum atomic E-state index is -0.213. The highest BCUT2D eigenvalue weighted by Gasteiger charge is 2.33. The van der Waals surface area contributed by atoms with E-state index in [9.17, 15) is 4.79 Å². The van der Waals surface area contributed by atoms with Crippen LogP contribution in [0.15, 0.2) is 12.2 Å². The summed E-state index contributed by atoms with van der Waals surface area (Å²) < 4.78 is 5.72. The summed E-state index contributed by atoms with van der Waals surface area (Å²) in [6, 6.07) is 0. The van der Waals surface area contributed by atoms with E-state index in [2.05, 4.69) is 13.5 Å². The molecule has 16 heavy (non-hydrogen) atoms. The van der Waals surface area contributed by atoms with E-state index in [0.717, 1.165) is 25.7 Å². The van der Waals surface area contributed by atoms with Gasteiger partial charge in [-0.15, -0.1) is 0 Å². The van der Waals surface area contributed by atoms with Crippen LogP contribution in [-0.4, -0.2) is 11.6 Å². The van der Waals surface area contributed by atoms with Crippen LogP contribution in [0.4, 0.5) is 0 Å². The Bertz CT molecular complexity index is 247. The molecular formula is C14H24O2. The van der Waals surface area contributed by atoms with Gasteiger partial charge in [0.15, 0.2) is 0 Å². The lowest BCUT2D eigenvalue weighted by atomic mass is 9.89. The second-order valence-corrected chi connectivity index (χ2v) is 5.02. The third kappa shape index (κ3) is 3.66. The maximum Gasteiger partial charge on any atom is 0.333 e. The molecular weight excluding hydrogens is 200 g/mol. The highest BCUT2D eigenvalue weighted by atomic mass is 16.6. The summed E-state index contributed by atoms with van der Waals surface area (Å²) in [6.07, 6.45) is 9.04. The third-order valence-corrected chi connectivity index (χ3v) is 3.38. The number of esters is 1. The summed E-state index contributed by atoms with van der Waals surface area (Å²) in [5.74, 6) is -0.213. The largest absolute Gasteiger partial charge is 0.456 e. The molecule has 0 atom stereocenters. The van der Waals surface area contributed by atoms with Gasteiger partial charge in [0, 0.05) is 5.57 Å². The lowest BCUT2D eigenvalue weighted by Gasteiger charge is -2.32. The van der Waals surface area contributed by atoms with Gasteiger partial charge in [0.25, 0.3) is 0 Å². The molecule has 0 spiro atoms. The summed E-state index contributed by atoms with van der Waals surface area (Å²) in [5.41, 5.74) is 0.320. The van der Waals surface area contributed by atoms with E-state index in [4.69, 9.17) is 4.74 Å². The fraction of sp³-hybridized carbons (Fsp3) is 0.786. The SMILES string of the molecule is C=C(C)C(=O)OC1(CCC)CCCCCC1. The van der Waals surface area contributed by atoms with Gasteiger partial charge in [0.05, 0.1) is 0 Å². The predicted molar refractivity (Wildman–Crippen MR) is 66.2 cm³/mol. The molecule has 0 N–H and O–H groups in total. The highest BCUT2D eigenvalue weighted by molar-refractivity contribution is 5.87. The molecule has 1 rings (SSSR count). The standard InChI is InChI=1S/C14H24O2/c1-4-9-14(16-13(15)12(2)3)10-7-5-6-8-11-14/h2,4-11H2,1,3H3. The van der Waals surface area contributed by atoms with Crippen molar-refractivity contribution < 1.29 is 9.53 Å². The molecule has 92 valence electrons. The van der Waals surface area contributed by atoms with Crippen LogP contribution in [0, 0.1) is 0 Å². The zero-order valence-corrected chi connectivity index (χ0v) is 10.7. The van der Waals surface area contributed by atoms with Gasteiger partial charge >= 0.3 is 5.97 Å². The van der Waals surface area contributed by atoms with Crippen LogP contribution in [0.1, 0.15) is 65.2 Å². The van der Waals surface area contributed by atoms with Crippen LogP contribution in [-0.2, 0) is 9.53 Å². The molecule has 0 heterocycles. The fourth-order valence-corrected chi connectivity index (χ4v) is 2.52. The van der Waals surface area contributed by atoms with E-state index in [1.807, 2.05) is 0 Å². The van der Waals surface area contributed by atoms with Crippen LogP contribution >= 0.6 is 0 Å². The number of ether oxygens (including phenoxy) is 1. The number of rotatable bonds is 4. The Morgan fingerprint density at radius 2 is 1.81 bits per heavy atom. The van der Waals surface area contributed by atoms with E-state index >= 15 is 0 Å². The summed E-state index contributed by atoms with van der Waals surface area (Å²) in [6.45, 7) is 7.54. The lowest BCUT2D eigenvalue weighted by Crippen LogP contribution is -2.34. The number of carbonyl (C=O) groups excluding carboxylic acids is 1. The Hall–Kier alpha value is -0.790.